The summed E-state index contributed by atoms with van der Waals surface area (Å²) in [6, 6.07) is 0.313. The monoisotopic (exact) mass is 402 g/mol. The first-order chi connectivity index (χ1) is 11.9. The number of nitrogens with one attached hydrogen (secondary N) is 1. The van der Waals surface area contributed by atoms with Crippen LogP contribution in [0.3, 0.4) is 0 Å². The van der Waals surface area contributed by atoms with Crippen molar-refractivity contribution in [3.05, 3.63) is 23.5 Å². The summed E-state index contributed by atoms with van der Waals surface area (Å²) < 4.78 is 89.5. The van der Waals surface area contributed by atoms with E-state index in [9.17, 15) is 30.7 Å². The summed E-state index contributed by atoms with van der Waals surface area (Å²) >= 11 is 0.485. The van der Waals surface area contributed by atoms with Gasteiger partial charge in [0.25, 0.3) is 0 Å². The SMILES string of the molecule is Cc1cc(F)c(/N=C(\NC(C)C(F)(F)F)C2CC2)cc1SCC(F)(F)F. The molecule has 1 unspecified atom stereocenters. The number of aliphatic imine (C=N–C) groups is 1. The first kappa shape index (κ1) is 20.9. The van der Waals surface area contributed by atoms with Crippen LogP contribution in [0.25, 0.3) is 0 Å². The molecule has 0 aromatic heterocycles. The Morgan fingerprint density at radius 3 is 2.35 bits per heavy atom. The van der Waals surface area contributed by atoms with Gasteiger partial charge in [-0.25, -0.2) is 9.38 Å². The van der Waals surface area contributed by atoms with Gasteiger partial charge in [-0.1, -0.05) is 0 Å². The molecule has 1 N–H and O–H groups in total. The molecule has 2 rings (SSSR count). The summed E-state index contributed by atoms with van der Waals surface area (Å²) in [5, 5.41) is 2.26. The van der Waals surface area contributed by atoms with E-state index in [4.69, 9.17) is 0 Å². The van der Waals surface area contributed by atoms with Crippen LogP contribution in [0.15, 0.2) is 22.0 Å². The molecule has 146 valence electrons. The van der Waals surface area contributed by atoms with Gasteiger partial charge in [-0.05, 0) is 44.4 Å². The van der Waals surface area contributed by atoms with E-state index >= 15 is 0 Å². The van der Waals surface area contributed by atoms with Crippen LogP contribution >= 0.6 is 11.8 Å². The molecule has 0 saturated heterocycles. The van der Waals surface area contributed by atoms with E-state index in [1.54, 1.807) is 0 Å². The van der Waals surface area contributed by atoms with Gasteiger partial charge >= 0.3 is 12.4 Å². The zero-order valence-electron chi connectivity index (χ0n) is 13.9. The minimum Gasteiger partial charge on any atom is -0.362 e. The number of amidine groups is 1. The Labute approximate surface area is 150 Å². The van der Waals surface area contributed by atoms with E-state index in [2.05, 4.69) is 10.3 Å². The Hall–Kier alpha value is -1.45. The minimum absolute atomic E-state index is 0.00403. The predicted molar refractivity (Wildman–Crippen MR) is 86.4 cm³/mol. The third-order valence-corrected chi connectivity index (χ3v) is 4.92. The van der Waals surface area contributed by atoms with E-state index in [0.717, 1.165) is 19.1 Å². The summed E-state index contributed by atoms with van der Waals surface area (Å²) in [7, 11) is 0. The summed E-state index contributed by atoms with van der Waals surface area (Å²) in [6.07, 6.45) is -7.63. The maximum absolute atomic E-state index is 14.1. The van der Waals surface area contributed by atoms with Gasteiger partial charge < -0.3 is 5.32 Å². The highest BCUT2D eigenvalue weighted by Gasteiger charge is 2.39. The summed E-state index contributed by atoms with van der Waals surface area (Å²) in [6.45, 7) is 2.38. The van der Waals surface area contributed by atoms with Crippen LogP contribution < -0.4 is 5.32 Å². The molecule has 0 radical (unpaired) electrons. The van der Waals surface area contributed by atoms with Crippen molar-refractivity contribution >= 4 is 23.3 Å². The van der Waals surface area contributed by atoms with Crippen molar-refractivity contribution in [1.82, 2.24) is 5.32 Å². The molecular formula is C16H17F7N2S. The zero-order valence-corrected chi connectivity index (χ0v) is 14.7. The summed E-state index contributed by atoms with van der Waals surface area (Å²) in [5.41, 5.74) is 0.0318. The standard InChI is InChI=1S/C16H17F7N2S/c1-8-5-11(17)12(6-13(8)26-7-15(18,19)20)25-14(10-3-4-10)24-9(2)16(21,22)23/h5-6,9-10H,3-4,7H2,1-2H3,(H,24,25). The summed E-state index contributed by atoms with van der Waals surface area (Å²) in [4.78, 5) is 4.14. The normalized spacial score (nSPS) is 17.3. The number of alkyl halides is 6. The second-order valence-corrected chi connectivity index (χ2v) is 7.17. The van der Waals surface area contributed by atoms with Crippen LogP contribution in [-0.2, 0) is 0 Å². The number of thioether (sulfide) groups is 1. The number of benzene rings is 1. The van der Waals surface area contributed by atoms with Gasteiger partial charge in [0, 0.05) is 10.8 Å². The van der Waals surface area contributed by atoms with Gasteiger partial charge in [0.2, 0.25) is 0 Å². The fraction of sp³-hybridized carbons (Fsp3) is 0.562. The predicted octanol–water partition coefficient (Wildman–Crippen LogP) is 5.77. The second-order valence-electron chi connectivity index (χ2n) is 6.15. The highest BCUT2D eigenvalue weighted by Crippen LogP contribution is 2.36. The Balaban J connectivity index is 2.28. The van der Waals surface area contributed by atoms with Gasteiger partial charge in [-0.2, -0.15) is 26.3 Å². The fourth-order valence-corrected chi connectivity index (χ4v) is 2.88. The molecule has 0 aliphatic heterocycles. The number of hydrogen-bond acceptors (Lipinski definition) is 2. The van der Waals surface area contributed by atoms with Gasteiger partial charge in [-0.3, -0.25) is 0 Å². The molecule has 0 spiro atoms. The number of nitrogens with zero attached hydrogens (tertiary/aromatic N) is 1. The van der Waals surface area contributed by atoms with Crippen LogP contribution in [0, 0.1) is 18.7 Å². The molecule has 1 aromatic rings. The average molecular weight is 402 g/mol. The van der Waals surface area contributed by atoms with E-state index in [-0.39, 0.29) is 22.3 Å². The molecule has 0 amide bonds. The number of hydrogen-bond donors (Lipinski definition) is 1. The van der Waals surface area contributed by atoms with Crippen molar-refractivity contribution < 1.29 is 30.7 Å². The van der Waals surface area contributed by atoms with Crippen LogP contribution in [0.1, 0.15) is 25.3 Å². The van der Waals surface area contributed by atoms with Crippen LogP contribution in [0.5, 0.6) is 0 Å². The third kappa shape index (κ3) is 6.07. The topological polar surface area (TPSA) is 24.4 Å². The van der Waals surface area contributed by atoms with Gasteiger partial charge in [0.1, 0.15) is 23.4 Å². The van der Waals surface area contributed by atoms with E-state index < -0.39 is 30.0 Å². The highest BCUT2D eigenvalue weighted by molar-refractivity contribution is 7.99. The largest absolute Gasteiger partial charge is 0.408 e. The molecule has 10 heteroatoms. The van der Waals surface area contributed by atoms with Crippen LogP contribution in [0.4, 0.5) is 36.4 Å². The lowest BCUT2D eigenvalue weighted by atomic mass is 10.2. The van der Waals surface area contributed by atoms with Gasteiger partial charge in [-0.15, -0.1) is 11.8 Å². The minimum atomic E-state index is -4.49. The summed E-state index contributed by atoms with van der Waals surface area (Å²) in [5.74, 6) is -2.17. The van der Waals surface area contributed by atoms with Crippen molar-refractivity contribution in [2.24, 2.45) is 10.9 Å². The Bertz CT molecular complexity index is 678. The Morgan fingerprint density at radius 1 is 1.23 bits per heavy atom. The number of rotatable bonds is 5. The molecule has 1 fully saturated rings. The molecular weight excluding hydrogens is 385 g/mol. The molecule has 1 saturated carbocycles. The molecule has 2 nitrogen and oxygen atoms in total. The lowest BCUT2D eigenvalue weighted by Crippen LogP contribution is -2.43. The van der Waals surface area contributed by atoms with Crippen molar-refractivity contribution in [3.8, 4) is 0 Å². The average Bonchev–Trinajstić information content (AvgIpc) is 3.30. The van der Waals surface area contributed by atoms with Gasteiger partial charge in [0.15, 0.2) is 0 Å². The molecule has 26 heavy (non-hydrogen) atoms. The van der Waals surface area contributed by atoms with E-state index in [1.165, 1.54) is 6.92 Å². The van der Waals surface area contributed by atoms with Crippen molar-refractivity contribution in [3.63, 3.8) is 0 Å². The number of aryl methyl sites for hydroxylation is 1. The van der Waals surface area contributed by atoms with Crippen molar-refractivity contribution in [2.45, 2.75) is 50.0 Å². The smallest absolute Gasteiger partial charge is 0.362 e. The first-order valence-electron chi connectivity index (χ1n) is 7.78. The quantitative estimate of drug-likeness (QED) is 0.293. The lowest BCUT2D eigenvalue weighted by Gasteiger charge is -2.20. The van der Waals surface area contributed by atoms with Gasteiger partial charge in [0.05, 0.1) is 5.75 Å². The first-order valence-corrected chi connectivity index (χ1v) is 8.77. The molecule has 1 atom stereocenters. The fourth-order valence-electron chi connectivity index (χ4n) is 2.07. The molecule has 1 aliphatic rings. The van der Waals surface area contributed by atoms with Crippen molar-refractivity contribution in [1.29, 1.82) is 0 Å². The van der Waals surface area contributed by atoms with Crippen molar-refractivity contribution in [2.75, 3.05) is 5.75 Å². The second kappa shape index (κ2) is 7.66. The Morgan fingerprint density at radius 2 is 1.85 bits per heavy atom. The lowest BCUT2D eigenvalue weighted by molar-refractivity contribution is -0.147. The molecule has 1 aromatic carbocycles. The molecule has 0 bridgehead atoms. The maximum Gasteiger partial charge on any atom is 0.408 e. The maximum atomic E-state index is 14.1. The third-order valence-electron chi connectivity index (χ3n) is 3.70. The Kier molecular flexibility index (Phi) is 6.14. The molecule has 1 aliphatic carbocycles. The van der Waals surface area contributed by atoms with E-state index in [1.807, 2.05) is 0 Å². The molecule has 0 heterocycles. The van der Waals surface area contributed by atoms with Crippen LogP contribution in [0.2, 0.25) is 0 Å². The number of halogens is 7. The van der Waals surface area contributed by atoms with Crippen LogP contribution in [-0.4, -0.2) is 30.0 Å². The highest BCUT2D eigenvalue weighted by atomic mass is 32.2. The zero-order chi connectivity index (χ0) is 19.7. The van der Waals surface area contributed by atoms with E-state index in [0.29, 0.717) is 30.2 Å².